The number of benzene rings is 1. The normalized spacial score (nSPS) is 21.9. The summed E-state index contributed by atoms with van der Waals surface area (Å²) in [6, 6.07) is 5.85. The Morgan fingerprint density at radius 2 is 1.75 bits per heavy atom. The third kappa shape index (κ3) is 2.17. The summed E-state index contributed by atoms with van der Waals surface area (Å²) in [7, 11) is 0. The summed E-state index contributed by atoms with van der Waals surface area (Å²) >= 11 is 0. The molecule has 20 heavy (non-hydrogen) atoms. The summed E-state index contributed by atoms with van der Waals surface area (Å²) in [6.45, 7) is 0.345. The molecule has 4 nitrogen and oxygen atoms in total. The second kappa shape index (κ2) is 4.89. The van der Waals surface area contributed by atoms with E-state index < -0.39 is 5.54 Å². The summed E-state index contributed by atoms with van der Waals surface area (Å²) < 4.78 is 13.0. The minimum Gasteiger partial charge on any atom is -0.342 e. The van der Waals surface area contributed by atoms with E-state index in [9.17, 15) is 14.0 Å². The van der Waals surface area contributed by atoms with Crippen molar-refractivity contribution in [3.63, 3.8) is 0 Å². The summed E-state index contributed by atoms with van der Waals surface area (Å²) in [6.07, 6.45) is 3.56. The van der Waals surface area contributed by atoms with Crippen LogP contribution in [0.3, 0.4) is 0 Å². The Hall–Kier alpha value is -1.91. The van der Waals surface area contributed by atoms with E-state index in [1.807, 2.05) is 0 Å². The summed E-state index contributed by atoms with van der Waals surface area (Å²) in [5, 5.41) is 2.91. The maximum Gasteiger partial charge on any atom is 0.252 e. The first-order chi connectivity index (χ1) is 9.61. The van der Waals surface area contributed by atoms with Crippen LogP contribution in [0.4, 0.5) is 10.1 Å². The summed E-state index contributed by atoms with van der Waals surface area (Å²) in [5.41, 5.74) is -0.0960. The van der Waals surface area contributed by atoms with E-state index in [-0.39, 0.29) is 24.1 Å². The molecule has 2 aliphatic rings. The van der Waals surface area contributed by atoms with Crippen LogP contribution < -0.4 is 10.2 Å². The first-order valence-corrected chi connectivity index (χ1v) is 6.99. The quantitative estimate of drug-likeness (QED) is 0.852. The van der Waals surface area contributed by atoms with Crippen LogP contribution in [-0.4, -0.2) is 23.9 Å². The lowest BCUT2D eigenvalue weighted by Crippen LogP contribution is -2.55. The largest absolute Gasteiger partial charge is 0.342 e. The number of hydrogen-bond acceptors (Lipinski definition) is 2. The Morgan fingerprint density at radius 3 is 2.40 bits per heavy atom. The first kappa shape index (κ1) is 13.1. The fraction of sp³-hybridized carbons (Fsp3) is 0.467. The number of rotatable bonds is 1. The van der Waals surface area contributed by atoms with E-state index in [2.05, 4.69) is 5.32 Å². The van der Waals surface area contributed by atoms with Crippen LogP contribution in [0.25, 0.3) is 0 Å². The van der Waals surface area contributed by atoms with Gasteiger partial charge in [0.05, 0.1) is 0 Å². The maximum absolute atomic E-state index is 13.0. The second-order valence-corrected chi connectivity index (χ2v) is 5.52. The number of hydrogen-bond donors (Lipinski definition) is 1. The highest BCUT2D eigenvalue weighted by atomic mass is 19.1. The molecule has 1 aromatic carbocycles. The van der Waals surface area contributed by atoms with Gasteiger partial charge in [0.1, 0.15) is 11.4 Å². The molecular formula is C15H17FN2O2. The predicted molar refractivity (Wildman–Crippen MR) is 72.7 cm³/mol. The maximum atomic E-state index is 13.0. The zero-order valence-electron chi connectivity index (χ0n) is 11.2. The lowest BCUT2D eigenvalue weighted by atomic mass is 9.95. The molecule has 0 atom stereocenters. The molecule has 1 N–H and O–H groups in total. The van der Waals surface area contributed by atoms with Gasteiger partial charge in [-0.05, 0) is 37.1 Å². The number of nitrogens with zero attached hydrogens (tertiary/aromatic N) is 1. The van der Waals surface area contributed by atoms with Crippen molar-refractivity contribution in [1.82, 2.24) is 5.32 Å². The monoisotopic (exact) mass is 276 g/mol. The Morgan fingerprint density at radius 1 is 1.10 bits per heavy atom. The zero-order valence-corrected chi connectivity index (χ0v) is 11.2. The van der Waals surface area contributed by atoms with Gasteiger partial charge in [0.25, 0.3) is 5.91 Å². The van der Waals surface area contributed by atoms with Crippen molar-refractivity contribution in [3.05, 3.63) is 30.1 Å². The van der Waals surface area contributed by atoms with Gasteiger partial charge in [-0.25, -0.2) is 4.39 Å². The average molecular weight is 276 g/mol. The molecule has 1 aliphatic heterocycles. The molecule has 2 fully saturated rings. The first-order valence-electron chi connectivity index (χ1n) is 6.99. The van der Waals surface area contributed by atoms with Gasteiger partial charge < -0.3 is 10.2 Å². The van der Waals surface area contributed by atoms with Gasteiger partial charge in [0, 0.05) is 18.7 Å². The van der Waals surface area contributed by atoms with Crippen LogP contribution in [0.15, 0.2) is 24.3 Å². The van der Waals surface area contributed by atoms with E-state index >= 15 is 0 Å². The molecule has 1 spiro atoms. The molecule has 1 heterocycles. The summed E-state index contributed by atoms with van der Waals surface area (Å²) in [4.78, 5) is 26.3. The number of carbonyl (C=O) groups is 2. The Kier molecular flexibility index (Phi) is 3.20. The van der Waals surface area contributed by atoms with E-state index in [0.29, 0.717) is 25.1 Å². The van der Waals surface area contributed by atoms with Crippen LogP contribution in [0, 0.1) is 5.82 Å². The Bertz CT molecular complexity index is 535. The molecule has 2 amide bonds. The third-order valence-electron chi connectivity index (χ3n) is 4.19. The number of carbonyl (C=O) groups excluding carboxylic acids is 2. The number of anilines is 1. The van der Waals surface area contributed by atoms with Crippen molar-refractivity contribution in [2.75, 3.05) is 11.4 Å². The van der Waals surface area contributed by atoms with Crippen molar-refractivity contribution < 1.29 is 14.0 Å². The number of amides is 2. The Labute approximate surface area is 117 Å². The molecule has 1 saturated heterocycles. The van der Waals surface area contributed by atoms with Gasteiger partial charge >= 0.3 is 0 Å². The Balaban J connectivity index is 1.95. The van der Waals surface area contributed by atoms with Crippen LogP contribution in [0.1, 0.15) is 32.1 Å². The van der Waals surface area contributed by atoms with Crippen molar-refractivity contribution in [2.45, 2.75) is 37.6 Å². The van der Waals surface area contributed by atoms with E-state index in [1.165, 1.54) is 12.1 Å². The highest BCUT2D eigenvalue weighted by Crippen LogP contribution is 2.34. The highest BCUT2D eigenvalue weighted by molar-refractivity contribution is 6.04. The fourth-order valence-corrected chi connectivity index (χ4v) is 3.14. The van der Waals surface area contributed by atoms with Crippen LogP contribution >= 0.6 is 0 Å². The SMILES string of the molecule is O=C1CCN(c2ccc(F)cc2)C(=O)C2(CCCC2)N1. The van der Waals surface area contributed by atoms with Gasteiger partial charge in [0.15, 0.2) is 0 Å². The van der Waals surface area contributed by atoms with E-state index in [1.54, 1.807) is 17.0 Å². The zero-order chi connectivity index (χ0) is 14.2. The molecule has 1 saturated carbocycles. The smallest absolute Gasteiger partial charge is 0.252 e. The molecule has 5 heteroatoms. The number of nitrogens with one attached hydrogen (secondary N) is 1. The lowest BCUT2D eigenvalue weighted by molar-refractivity contribution is -0.129. The summed E-state index contributed by atoms with van der Waals surface area (Å²) in [5.74, 6) is -0.474. The van der Waals surface area contributed by atoms with Crippen molar-refractivity contribution in [3.8, 4) is 0 Å². The number of halogens is 1. The highest BCUT2D eigenvalue weighted by Gasteiger charge is 2.46. The second-order valence-electron chi connectivity index (χ2n) is 5.52. The van der Waals surface area contributed by atoms with Crippen molar-refractivity contribution in [1.29, 1.82) is 0 Å². The van der Waals surface area contributed by atoms with Gasteiger partial charge in [-0.2, -0.15) is 0 Å². The molecular weight excluding hydrogens is 259 g/mol. The van der Waals surface area contributed by atoms with Crippen molar-refractivity contribution >= 4 is 17.5 Å². The molecule has 0 radical (unpaired) electrons. The third-order valence-corrected chi connectivity index (χ3v) is 4.19. The van der Waals surface area contributed by atoms with Crippen LogP contribution in [0.2, 0.25) is 0 Å². The van der Waals surface area contributed by atoms with Gasteiger partial charge in [0.2, 0.25) is 5.91 Å². The van der Waals surface area contributed by atoms with Gasteiger partial charge in [-0.1, -0.05) is 12.8 Å². The van der Waals surface area contributed by atoms with E-state index in [4.69, 9.17) is 0 Å². The molecule has 1 aromatic rings. The topological polar surface area (TPSA) is 49.4 Å². The minimum absolute atomic E-state index is 0.0625. The van der Waals surface area contributed by atoms with Crippen molar-refractivity contribution in [2.24, 2.45) is 0 Å². The molecule has 0 bridgehead atoms. The van der Waals surface area contributed by atoms with Crippen LogP contribution in [0.5, 0.6) is 0 Å². The van der Waals surface area contributed by atoms with Gasteiger partial charge in [-0.15, -0.1) is 0 Å². The molecule has 3 rings (SSSR count). The van der Waals surface area contributed by atoms with Crippen LogP contribution in [-0.2, 0) is 9.59 Å². The fourth-order valence-electron chi connectivity index (χ4n) is 3.14. The molecule has 0 aromatic heterocycles. The molecule has 0 unspecified atom stereocenters. The molecule has 106 valence electrons. The predicted octanol–water partition coefficient (Wildman–Crippen LogP) is 1.99. The standard InChI is InChI=1S/C15H17FN2O2/c16-11-3-5-12(6-4-11)18-10-7-13(19)17-15(14(18)20)8-1-2-9-15/h3-6H,1-2,7-10H2,(H,17,19). The lowest BCUT2D eigenvalue weighted by Gasteiger charge is -2.31. The minimum atomic E-state index is -0.748. The van der Waals surface area contributed by atoms with Gasteiger partial charge in [-0.3, -0.25) is 9.59 Å². The van der Waals surface area contributed by atoms with E-state index in [0.717, 1.165) is 12.8 Å². The average Bonchev–Trinajstić information content (AvgIpc) is 2.85. The molecule has 1 aliphatic carbocycles.